The van der Waals surface area contributed by atoms with Gasteiger partial charge in [-0.15, -0.1) is 0 Å². The SMILES string of the molecule is Cc1cc2oc3cc(NC(=O)c4cccc(Cl)c4)ccc3c(=O)c2cc1Cl. The molecule has 1 N–H and O–H groups in total. The van der Waals surface area contributed by atoms with Crippen molar-refractivity contribution in [2.45, 2.75) is 6.92 Å². The van der Waals surface area contributed by atoms with Crippen molar-refractivity contribution in [3.63, 3.8) is 0 Å². The van der Waals surface area contributed by atoms with Crippen LogP contribution < -0.4 is 10.7 Å². The molecule has 4 rings (SSSR count). The van der Waals surface area contributed by atoms with E-state index in [1.54, 1.807) is 54.6 Å². The van der Waals surface area contributed by atoms with Gasteiger partial charge in [-0.05, 0) is 55.0 Å². The second-order valence-corrected chi connectivity index (χ2v) is 7.05. The van der Waals surface area contributed by atoms with Crippen molar-refractivity contribution < 1.29 is 9.21 Å². The third-order valence-electron chi connectivity index (χ3n) is 4.30. The molecule has 0 aliphatic carbocycles. The molecular weight excluding hydrogens is 385 g/mol. The molecular formula is C21H13Cl2NO3. The quantitative estimate of drug-likeness (QED) is 0.433. The predicted octanol–water partition coefficient (Wildman–Crippen LogP) is 5.81. The summed E-state index contributed by atoms with van der Waals surface area (Å²) in [6, 6.07) is 14.9. The molecule has 0 aliphatic rings. The number of hydrogen-bond donors (Lipinski definition) is 1. The van der Waals surface area contributed by atoms with Gasteiger partial charge in [0, 0.05) is 27.4 Å². The zero-order valence-electron chi connectivity index (χ0n) is 14.2. The van der Waals surface area contributed by atoms with Crippen molar-refractivity contribution in [1.82, 2.24) is 0 Å². The molecule has 0 fully saturated rings. The van der Waals surface area contributed by atoms with Crippen molar-refractivity contribution in [3.05, 3.63) is 86.0 Å². The van der Waals surface area contributed by atoms with E-state index in [-0.39, 0.29) is 11.3 Å². The number of carbonyl (C=O) groups is 1. The molecule has 0 saturated carbocycles. The number of hydrogen-bond acceptors (Lipinski definition) is 3. The van der Waals surface area contributed by atoms with Crippen LogP contribution in [0.25, 0.3) is 21.9 Å². The Labute approximate surface area is 164 Å². The molecule has 0 atom stereocenters. The Morgan fingerprint density at radius 1 is 0.963 bits per heavy atom. The van der Waals surface area contributed by atoms with Crippen LogP contribution in [0.1, 0.15) is 15.9 Å². The zero-order chi connectivity index (χ0) is 19.1. The Morgan fingerprint density at radius 2 is 1.74 bits per heavy atom. The van der Waals surface area contributed by atoms with Crippen molar-refractivity contribution in [3.8, 4) is 0 Å². The number of halogens is 2. The van der Waals surface area contributed by atoms with E-state index in [1.165, 1.54) is 0 Å². The fourth-order valence-corrected chi connectivity index (χ4v) is 3.24. The second kappa shape index (κ2) is 6.72. The Morgan fingerprint density at radius 3 is 2.52 bits per heavy atom. The van der Waals surface area contributed by atoms with Crippen LogP contribution >= 0.6 is 23.2 Å². The number of nitrogens with one attached hydrogen (secondary N) is 1. The number of amides is 1. The maximum atomic E-state index is 12.7. The number of carbonyl (C=O) groups excluding carboxylic acids is 1. The highest BCUT2D eigenvalue weighted by Gasteiger charge is 2.12. The summed E-state index contributed by atoms with van der Waals surface area (Å²) in [6.45, 7) is 1.84. The van der Waals surface area contributed by atoms with E-state index in [0.29, 0.717) is 43.2 Å². The number of fused-ring (bicyclic) bond motifs is 2. The third kappa shape index (κ3) is 3.29. The van der Waals surface area contributed by atoms with E-state index in [4.69, 9.17) is 27.6 Å². The first kappa shape index (κ1) is 17.6. The number of aryl methyl sites for hydroxylation is 1. The highest BCUT2D eigenvalue weighted by Crippen LogP contribution is 2.26. The van der Waals surface area contributed by atoms with Crippen LogP contribution in [0.15, 0.2) is 63.8 Å². The highest BCUT2D eigenvalue weighted by molar-refractivity contribution is 6.32. The first-order chi connectivity index (χ1) is 12.9. The molecule has 1 amide bonds. The lowest BCUT2D eigenvalue weighted by Gasteiger charge is -2.08. The van der Waals surface area contributed by atoms with E-state index in [9.17, 15) is 9.59 Å². The number of anilines is 1. The van der Waals surface area contributed by atoms with Crippen molar-refractivity contribution in [2.24, 2.45) is 0 Å². The smallest absolute Gasteiger partial charge is 0.255 e. The first-order valence-corrected chi connectivity index (χ1v) is 8.91. The van der Waals surface area contributed by atoms with Gasteiger partial charge in [0.2, 0.25) is 5.43 Å². The van der Waals surface area contributed by atoms with Crippen LogP contribution in [0, 0.1) is 6.92 Å². The Bertz CT molecular complexity index is 1280. The summed E-state index contributed by atoms with van der Waals surface area (Å²) < 4.78 is 5.88. The summed E-state index contributed by atoms with van der Waals surface area (Å²) in [7, 11) is 0. The summed E-state index contributed by atoms with van der Waals surface area (Å²) in [5.41, 5.74) is 2.44. The van der Waals surface area contributed by atoms with Crippen LogP contribution in [0.4, 0.5) is 5.69 Å². The van der Waals surface area contributed by atoms with Crippen molar-refractivity contribution >= 4 is 56.7 Å². The molecule has 6 heteroatoms. The van der Waals surface area contributed by atoms with Crippen LogP contribution in [0.2, 0.25) is 10.0 Å². The van der Waals surface area contributed by atoms with Gasteiger partial charge in [0.1, 0.15) is 11.2 Å². The standard InChI is InChI=1S/C21H13Cl2NO3/c1-11-7-18-16(10-17(11)23)20(25)15-6-5-14(9-19(15)27-18)24-21(26)12-3-2-4-13(22)8-12/h2-10H,1H3,(H,24,26). The van der Waals surface area contributed by atoms with Gasteiger partial charge in [0.05, 0.1) is 10.8 Å². The number of benzene rings is 3. The van der Waals surface area contributed by atoms with E-state index in [1.807, 2.05) is 6.92 Å². The van der Waals surface area contributed by atoms with Gasteiger partial charge in [-0.3, -0.25) is 9.59 Å². The molecule has 1 heterocycles. The second-order valence-electron chi connectivity index (χ2n) is 6.20. The average Bonchev–Trinajstić information content (AvgIpc) is 2.63. The summed E-state index contributed by atoms with van der Waals surface area (Å²) in [6.07, 6.45) is 0. The summed E-state index contributed by atoms with van der Waals surface area (Å²) in [5.74, 6) is -0.303. The predicted molar refractivity (Wildman–Crippen MR) is 109 cm³/mol. The highest BCUT2D eigenvalue weighted by atomic mass is 35.5. The molecule has 4 aromatic rings. The van der Waals surface area contributed by atoms with E-state index in [0.717, 1.165) is 5.56 Å². The summed E-state index contributed by atoms with van der Waals surface area (Å²) >= 11 is 12.1. The van der Waals surface area contributed by atoms with Crippen LogP contribution in [0.5, 0.6) is 0 Å². The monoisotopic (exact) mass is 397 g/mol. The Hall–Kier alpha value is -2.82. The molecule has 0 aliphatic heterocycles. The van der Waals surface area contributed by atoms with Crippen LogP contribution in [0.3, 0.4) is 0 Å². The van der Waals surface area contributed by atoms with Gasteiger partial charge in [0.15, 0.2) is 0 Å². The number of rotatable bonds is 2. The lowest BCUT2D eigenvalue weighted by molar-refractivity contribution is 0.102. The van der Waals surface area contributed by atoms with E-state index in [2.05, 4.69) is 5.32 Å². The van der Waals surface area contributed by atoms with Crippen molar-refractivity contribution in [1.29, 1.82) is 0 Å². The maximum absolute atomic E-state index is 12.7. The average molecular weight is 398 g/mol. The molecule has 27 heavy (non-hydrogen) atoms. The minimum absolute atomic E-state index is 0.166. The topological polar surface area (TPSA) is 59.3 Å². The minimum atomic E-state index is -0.303. The van der Waals surface area contributed by atoms with Crippen LogP contribution in [-0.2, 0) is 0 Å². The van der Waals surface area contributed by atoms with Gasteiger partial charge in [0.25, 0.3) is 5.91 Å². The van der Waals surface area contributed by atoms with Gasteiger partial charge in [-0.25, -0.2) is 0 Å². The van der Waals surface area contributed by atoms with E-state index < -0.39 is 0 Å². The fraction of sp³-hybridized carbons (Fsp3) is 0.0476. The maximum Gasteiger partial charge on any atom is 0.255 e. The molecule has 0 radical (unpaired) electrons. The van der Waals surface area contributed by atoms with Crippen molar-refractivity contribution in [2.75, 3.05) is 5.32 Å². The molecule has 0 unspecified atom stereocenters. The largest absolute Gasteiger partial charge is 0.456 e. The minimum Gasteiger partial charge on any atom is -0.456 e. The van der Waals surface area contributed by atoms with Gasteiger partial charge in [-0.1, -0.05) is 29.3 Å². The normalized spacial score (nSPS) is 11.1. The summed E-state index contributed by atoms with van der Waals surface area (Å²) in [5, 5.41) is 4.62. The lowest BCUT2D eigenvalue weighted by Crippen LogP contribution is -2.12. The Kier molecular flexibility index (Phi) is 4.38. The molecule has 0 spiro atoms. The van der Waals surface area contributed by atoms with Gasteiger partial charge >= 0.3 is 0 Å². The first-order valence-electron chi connectivity index (χ1n) is 8.16. The lowest BCUT2D eigenvalue weighted by atomic mass is 10.1. The fourth-order valence-electron chi connectivity index (χ4n) is 2.89. The molecule has 134 valence electrons. The van der Waals surface area contributed by atoms with E-state index >= 15 is 0 Å². The molecule has 4 nitrogen and oxygen atoms in total. The van der Waals surface area contributed by atoms with Gasteiger partial charge in [-0.2, -0.15) is 0 Å². The molecule has 1 aromatic heterocycles. The molecule has 3 aromatic carbocycles. The van der Waals surface area contributed by atoms with Crippen LogP contribution in [-0.4, -0.2) is 5.91 Å². The van der Waals surface area contributed by atoms with Gasteiger partial charge < -0.3 is 9.73 Å². The molecule has 0 bridgehead atoms. The Balaban J connectivity index is 1.78. The third-order valence-corrected chi connectivity index (χ3v) is 4.94. The molecule has 0 saturated heterocycles. The summed E-state index contributed by atoms with van der Waals surface area (Å²) in [4.78, 5) is 25.1. The zero-order valence-corrected chi connectivity index (χ0v) is 15.7.